The van der Waals surface area contributed by atoms with Crippen LogP contribution in [0, 0.1) is 0 Å². The molecule has 0 aromatic heterocycles. The molecule has 1 aromatic rings. The van der Waals surface area contributed by atoms with Gasteiger partial charge in [-0.2, -0.15) is 0 Å². The maximum absolute atomic E-state index is 9.85. The molecule has 92 valence electrons. The average molecular weight is 232 g/mol. The highest BCUT2D eigenvalue weighted by atomic mass is 16.5. The van der Waals surface area contributed by atoms with Crippen molar-refractivity contribution in [2.24, 2.45) is 0 Å². The van der Waals surface area contributed by atoms with E-state index in [0.29, 0.717) is 6.10 Å². The van der Waals surface area contributed by atoms with Crippen LogP contribution in [-0.4, -0.2) is 16.8 Å². The van der Waals surface area contributed by atoms with Gasteiger partial charge in [0.15, 0.2) is 0 Å². The molecule has 0 amide bonds. The molecule has 0 unspecified atom stereocenters. The van der Waals surface area contributed by atoms with E-state index in [1.54, 1.807) is 0 Å². The van der Waals surface area contributed by atoms with Crippen LogP contribution >= 0.6 is 0 Å². The van der Waals surface area contributed by atoms with Gasteiger partial charge in [-0.1, -0.05) is 12.1 Å². The Morgan fingerprint density at radius 2 is 1.76 bits per heavy atom. The van der Waals surface area contributed by atoms with E-state index >= 15 is 0 Å². The van der Waals surface area contributed by atoms with Crippen LogP contribution in [0.5, 0.6) is 5.75 Å². The first-order chi connectivity index (χ1) is 8.23. The number of rotatable bonds is 4. The van der Waals surface area contributed by atoms with Crippen molar-refractivity contribution in [1.82, 2.24) is 0 Å². The van der Waals surface area contributed by atoms with Crippen LogP contribution in [0.2, 0.25) is 0 Å². The van der Waals surface area contributed by atoms with Crippen LogP contribution in [0.25, 0.3) is 0 Å². The first kappa shape index (κ1) is 11.1. The molecule has 2 aliphatic carbocycles. The standard InChI is InChI=1S/C15H20O2/c16-15(9-10-15)11-12-5-7-14(8-6-12)17-13-3-1-2-4-13/h5-8,13,16H,1-4,9-11H2. The van der Waals surface area contributed by atoms with E-state index < -0.39 is 5.60 Å². The zero-order valence-electron chi connectivity index (χ0n) is 10.2. The van der Waals surface area contributed by atoms with Gasteiger partial charge >= 0.3 is 0 Å². The van der Waals surface area contributed by atoms with Crippen LogP contribution < -0.4 is 4.74 Å². The molecule has 1 aromatic carbocycles. The average Bonchev–Trinajstić information content (AvgIpc) is 2.84. The van der Waals surface area contributed by atoms with Crippen molar-refractivity contribution < 1.29 is 9.84 Å². The Morgan fingerprint density at radius 3 is 2.35 bits per heavy atom. The van der Waals surface area contributed by atoms with Crippen molar-refractivity contribution in [1.29, 1.82) is 0 Å². The Kier molecular flexibility index (Phi) is 2.83. The Hall–Kier alpha value is -1.02. The van der Waals surface area contributed by atoms with Gasteiger partial charge < -0.3 is 9.84 Å². The molecule has 0 aliphatic heterocycles. The molecule has 1 N–H and O–H groups in total. The summed E-state index contributed by atoms with van der Waals surface area (Å²) in [5.41, 5.74) is 0.817. The summed E-state index contributed by atoms with van der Waals surface area (Å²) in [7, 11) is 0. The topological polar surface area (TPSA) is 29.5 Å². The van der Waals surface area contributed by atoms with Crippen LogP contribution in [0.15, 0.2) is 24.3 Å². The normalized spacial score (nSPS) is 22.6. The second-order valence-electron chi connectivity index (χ2n) is 5.57. The van der Waals surface area contributed by atoms with E-state index in [2.05, 4.69) is 12.1 Å². The summed E-state index contributed by atoms with van der Waals surface area (Å²) < 4.78 is 5.91. The summed E-state index contributed by atoms with van der Waals surface area (Å²) in [4.78, 5) is 0. The van der Waals surface area contributed by atoms with Gasteiger partial charge in [-0.05, 0) is 56.2 Å². The van der Waals surface area contributed by atoms with Crippen molar-refractivity contribution >= 4 is 0 Å². The van der Waals surface area contributed by atoms with Gasteiger partial charge in [-0.15, -0.1) is 0 Å². The molecule has 0 spiro atoms. The van der Waals surface area contributed by atoms with E-state index in [0.717, 1.165) is 25.0 Å². The second kappa shape index (κ2) is 4.34. The second-order valence-corrected chi connectivity index (χ2v) is 5.57. The van der Waals surface area contributed by atoms with Crippen LogP contribution in [0.4, 0.5) is 0 Å². The SMILES string of the molecule is OC1(Cc2ccc(OC3CCCC3)cc2)CC1. The minimum Gasteiger partial charge on any atom is -0.490 e. The Balaban J connectivity index is 1.59. The van der Waals surface area contributed by atoms with Gasteiger partial charge in [-0.3, -0.25) is 0 Å². The monoisotopic (exact) mass is 232 g/mol. The lowest BCUT2D eigenvalue weighted by Gasteiger charge is -2.14. The molecule has 2 saturated carbocycles. The smallest absolute Gasteiger partial charge is 0.119 e. The zero-order chi connectivity index (χ0) is 11.7. The molecule has 0 radical (unpaired) electrons. The van der Waals surface area contributed by atoms with Crippen molar-refractivity contribution in [3.05, 3.63) is 29.8 Å². The predicted octanol–water partition coefficient (Wildman–Crippen LogP) is 3.08. The van der Waals surface area contributed by atoms with Crippen LogP contribution in [0.3, 0.4) is 0 Å². The molecular formula is C15H20O2. The Labute approximate surface area is 103 Å². The molecule has 2 aliphatic rings. The summed E-state index contributed by atoms with van der Waals surface area (Å²) in [5, 5.41) is 9.85. The van der Waals surface area contributed by atoms with Crippen molar-refractivity contribution in [3.8, 4) is 5.75 Å². The maximum Gasteiger partial charge on any atom is 0.119 e. The van der Waals surface area contributed by atoms with Gasteiger partial charge in [0.25, 0.3) is 0 Å². The first-order valence-electron chi connectivity index (χ1n) is 6.72. The van der Waals surface area contributed by atoms with Gasteiger partial charge in [0.05, 0.1) is 11.7 Å². The van der Waals surface area contributed by atoms with E-state index in [9.17, 15) is 5.11 Å². The minimum absolute atomic E-state index is 0.395. The third kappa shape index (κ3) is 2.81. The Bertz CT molecular complexity index is 372. The lowest BCUT2D eigenvalue weighted by atomic mass is 10.1. The highest BCUT2D eigenvalue weighted by Crippen LogP contribution is 2.38. The molecule has 0 saturated heterocycles. The van der Waals surface area contributed by atoms with Crippen molar-refractivity contribution in [2.75, 3.05) is 0 Å². The summed E-state index contributed by atoms with van der Waals surface area (Å²) in [5.74, 6) is 0.975. The maximum atomic E-state index is 9.85. The summed E-state index contributed by atoms with van der Waals surface area (Å²) in [6, 6.07) is 8.25. The molecule has 0 heterocycles. The van der Waals surface area contributed by atoms with Crippen molar-refractivity contribution in [3.63, 3.8) is 0 Å². The van der Waals surface area contributed by atoms with E-state index in [-0.39, 0.29) is 0 Å². The predicted molar refractivity (Wildman–Crippen MR) is 67.2 cm³/mol. The quantitative estimate of drug-likeness (QED) is 0.864. The third-order valence-electron chi connectivity index (χ3n) is 3.89. The number of ether oxygens (including phenoxy) is 1. The lowest BCUT2D eigenvalue weighted by Crippen LogP contribution is -2.12. The molecule has 3 rings (SSSR count). The fourth-order valence-electron chi connectivity index (χ4n) is 2.59. The largest absolute Gasteiger partial charge is 0.490 e. The summed E-state index contributed by atoms with van der Waals surface area (Å²) >= 11 is 0. The molecule has 2 heteroatoms. The summed E-state index contributed by atoms with van der Waals surface area (Å²) in [6.45, 7) is 0. The highest BCUT2D eigenvalue weighted by molar-refractivity contribution is 5.29. The van der Waals surface area contributed by atoms with Gasteiger partial charge in [-0.25, -0.2) is 0 Å². The van der Waals surface area contributed by atoms with Gasteiger partial charge in [0.2, 0.25) is 0 Å². The minimum atomic E-state index is -0.395. The van der Waals surface area contributed by atoms with Gasteiger partial charge in [0.1, 0.15) is 5.75 Å². The third-order valence-corrected chi connectivity index (χ3v) is 3.89. The molecule has 2 nitrogen and oxygen atoms in total. The van der Waals surface area contributed by atoms with Crippen molar-refractivity contribution in [2.45, 2.75) is 56.7 Å². The Morgan fingerprint density at radius 1 is 1.12 bits per heavy atom. The van der Waals surface area contributed by atoms with E-state index in [1.165, 1.54) is 31.2 Å². The lowest BCUT2D eigenvalue weighted by molar-refractivity contribution is 0.151. The number of hydrogen-bond acceptors (Lipinski definition) is 2. The number of benzene rings is 1. The molecular weight excluding hydrogens is 212 g/mol. The van der Waals surface area contributed by atoms with E-state index in [4.69, 9.17) is 4.74 Å². The van der Waals surface area contributed by atoms with Gasteiger partial charge in [0, 0.05) is 6.42 Å². The summed E-state index contributed by atoms with van der Waals surface area (Å²) in [6.07, 6.45) is 8.11. The number of aliphatic hydroxyl groups is 1. The first-order valence-corrected chi connectivity index (χ1v) is 6.72. The molecule has 17 heavy (non-hydrogen) atoms. The highest BCUT2D eigenvalue weighted by Gasteiger charge is 2.39. The molecule has 0 atom stereocenters. The molecule has 0 bridgehead atoms. The fraction of sp³-hybridized carbons (Fsp3) is 0.600. The van der Waals surface area contributed by atoms with Crippen LogP contribution in [-0.2, 0) is 6.42 Å². The number of hydrogen-bond donors (Lipinski definition) is 1. The van der Waals surface area contributed by atoms with E-state index in [1.807, 2.05) is 12.1 Å². The molecule has 2 fully saturated rings. The zero-order valence-corrected chi connectivity index (χ0v) is 10.2. The van der Waals surface area contributed by atoms with Crippen LogP contribution in [0.1, 0.15) is 44.1 Å². The fourth-order valence-corrected chi connectivity index (χ4v) is 2.59.